The second-order valence-corrected chi connectivity index (χ2v) is 11.2. The van der Waals surface area contributed by atoms with Crippen LogP contribution in [0, 0.1) is 5.92 Å². The monoisotopic (exact) mass is 457 g/mol. The van der Waals surface area contributed by atoms with Gasteiger partial charge in [0.05, 0.1) is 30.2 Å². The van der Waals surface area contributed by atoms with Crippen LogP contribution < -0.4 is 5.73 Å². The number of anilines is 1. The molecule has 2 N–H and O–H groups in total. The van der Waals surface area contributed by atoms with Crippen molar-refractivity contribution in [1.29, 1.82) is 0 Å². The highest BCUT2D eigenvalue weighted by molar-refractivity contribution is 7.48. The molecule has 11 heteroatoms. The van der Waals surface area contributed by atoms with E-state index in [2.05, 4.69) is 15.0 Å². The summed E-state index contributed by atoms with van der Waals surface area (Å²) in [7, 11) is -3.75. The Bertz CT molecular complexity index is 975. The van der Waals surface area contributed by atoms with Crippen LogP contribution in [0.5, 0.6) is 0 Å². The summed E-state index contributed by atoms with van der Waals surface area (Å²) in [6, 6.07) is -0.0135. The summed E-state index contributed by atoms with van der Waals surface area (Å²) in [4.78, 5) is 12.5. The summed E-state index contributed by atoms with van der Waals surface area (Å²) < 4.78 is 32.2. The number of hydrogen-bond donors (Lipinski definition) is 1. The van der Waals surface area contributed by atoms with Crippen molar-refractivity contribution >= 4 is 36.5 Å². The Labute approximate surface area is 181 Å². The van der Waals surface area contributed by atoms with Crippen LogP contribution in [0.3, 0.4) is 0 Å². The molecule has 0 fully saturated rings. The number of nitrogens with zero attached hydrogens (tertiary/aromatic N) is 4. The highest BCUT2D eigenvalue weighted by Crippen LogP contribution is 2.56. The lowest BCUT2D eigenvalue weighted by molar-refractivity contribution is 0.000466. The van der Waals surface area contributed by atoms with Gasteiger partial charge in [0.2, 0.25) is 5.95 Å². The summed E-state index contributed by atoms with van der Waals surface area (Å²) in [5, 5.41) is 0.220. The molecule has 0 bridgehead atoms. The molecule has 1 aliphatic carbocycles. The molecule has 3 rings (SSSR count). The topological polar surface area (TPSA) is 114 Å². The molecule has 1 aliphatic rings. The summed E-state index contributed by atoms with van der Waals surface area (Å²) in [5.41, 5.74) is 5.45. The van der Waals surface area contributed by atoms with Crippen molar-refractivity contribution in [2.24, 2.45) is 5.92 Å². The largest absolute Gasteiger partial charge is 0.475 e. The van der Waals surface area contributed by atoms with Gasteiger partial charge in [-0.1, -0.05) is 23.8 Å². The third-order valence-electron chi connectivity index (χ3n) is 4.12. The van der Waals surface area contributed by atoms with Gasteiger partial charge in [-0.3, -0.25) is 13.6 Å². The van der Waals surface area contributed by atoms with Crippen LogP contribution in [0.4, 0.5) is 5.95 Å². The fourth-order valence-corrected chi connectivity index (χ4v) is 5.23. The summed E-state index contributed by atoms with van der Waals surface area (Å²) >= 11 is 6.11. The van der Waals surface area contributed by atoms with Crippen LogP contribution in [-0.2, 0) is 18.1 Å². The average Bonchev–Trinajstić information content (AvgIpc) is 3.15. The van der Waals surface area contributed by atoms with Crippen LogP contribution in [0.25, 0.3) is 11.2 Å². The van der Waals surface area contributed by atoms with Gasteiger partial charge >= 0.3 is 7.82 Å². The smallest absolute Gasteiger partial charge is 0.368 e. The number of nitrogens with two attached hydrogens (primary N) is 1. The molecule has 9 nitrogen and oxygen atoms in total. The van der Waals surface area contributed by atoms with Crippen molar-refractivity contribution in [3.8, 4) is 0 Å². The van der Waals surface area contributed by atoms with Crippen LogP contribution in [0.2, 0.25) is 5.15 Å². The Balaban J connectivity index is 1.70. The number of imidazole rings is 1. The van der Waals surface area contributed by atoms with Crippen molar-refractivity contribution in [1.82, 2.24) is 19.5 Å². The molecule has 2 aromatic rings. The quantitative estimate of drug-likeness (QED) is 0.368. The number of rotatable bonds is 6. The van der Waals surface area contributed by atoms with Gasteiger partial charge in [-0.05, 0) is 48.0 Å². The number of halogens is 1. The molecule has 0 aromatic carbocycles. The molecule has 0 amide bonds. The van der Waals surface area contributed by atoms with E-state index in [4.69, 9.17) is 30.9 Å². The third kappa shape index (κ3) is 5.80. The van der Waals surface area contributed by atoms with Crippen molar-refractivity contribution in [2.45, 2.75) is 65.2 Å². The maximum absolute atomic E-state index is 13.2. The SMILES string of the molecule is CC(C)(C)OP(=O)(OC[C@@H]1C=C[C@H](n2cnc3c(Cl)nc(N)nc32)C1)OC(C)(C)C. The van der Waals surface area contributed by atoms with Gasteiger partial charge in [0.15, 0.2) is 10.8 Å². The average molecular weight is 458 g/mol. The molecular formula is C19H29ClN5O4P. The molecule has 0 saturated heterocycles. The first-order chi connectivity index (χ1) is 13.7. The summed E-state index contributed by atoms with van der Waals surface area (Å²) in [6.07, 6.45) is 6.42. The maximum atomic E-state index is 13.2. The van der Waals surface area contributed by atoms with Gasteiger partial charge in [0, 0.05) is 5.92 Å². The molecule has 0 spiro atoms. The van der Waals surface area contributed by atoms with Gasteiger partial charge in [-0.15, -0.1) is 0 Å². The summed E-state index contributed by atoms with van der Waals surface area (Å²) in [5.74, 6) is 0.110. The Morgan fingerprint density at radius 1 is 1.17 bits per heavy atom. The van der Waals surface area contributed by atoms with Gasteiger partial charge in [0.25, 0.3) is 0 Å². The number of aromatic nitrogens is 4. The zero-order valence-corrected chi connectivity index (χ0v) is 19.8. The maximum Gasteiger partial charge on any atom is 0.475 e. The summed E-state index contributed by atoms with van der Waals surface area (Å²) in [6.45, 7) is 11.0. The first-order valence-electron chi connectivity index (χ1n) is 9.75. The number of phosphoric ester groups is 1. The molecule has 0 aliphatic heterocycles. The van der Waals surface area contributed by atoms with Crippen molar-refractivity contribution in [3.05, 3.63) is 23.6 Å². The highest BCUT2D eigenvalue weighted by Gasteiger charge is 2.38. The van der Waals surface area contributed by atoms with E-state index in [-0.39, 0.29) is 29.7 Å². The second kappa shape index (κ2) is 8.20. The van der Waals surface area contributed by atoms with Crippen molar-refractivity contribution < 1.29 is 18.1 Å². The van der Waals surface area contributed by atoms with E-state index >= 15 is 0 Å². The molecule has 166 valence electrons. The normalized spacial score (nSPS) is 20.4. The lowest BCUT2D eigenvalue weighted by atomic mass is 10.1. The fourth-order valence-electron chi connectivity index (χ4n) is 3.15. The Morgan fingerprint density at radius 3 is 2.40 bits per heavy atom. The van der Waals surface area contributed by atoms with E-state index in [1.165, 1.54) is 0 Å². The Hall–Kier alpha value is -1.51. The van der Waals surface area contributed by atoms with Crippen LogP contribution in [0.1, 0.15) is 54.0 Å². The van der Waals surface area contributed by atoms with E-state index < -0.39 is 19.0 Å². The number of phosphoric acid groups is 1. The third-order valence-corrected chi connectivity index (χ3v) is 6.39. The van der Waals surface area contributed by atoms with Gasteiger partial charge in [-0.2, -0.15) is 9.97 Å². The number of fused-ring (bicyclic) bond motifs is 1. The fraction of sp³-hybridized carbons (Fsp3) is 0.632. The lowest BCUT2D eigenvalue weighted by Crippen LogP contribution is -2.25. The number of allylic oxidation sites excluding steroid dienone is 1. The van der Waals surface area contributed by atoms with Gasteiger partial charge < -0.3 is 10.3 Å². The van der Waals surface area contributed by atoms with E-state index in [0.717, 1.165) is 0 Å². The van der Waals surface area contributed by atoms with Crippen LogP contribution in [-0.4, -0.2) is 37.3 Å². The van der Waals surface area contributed by atoms with E-state index in [1.54, 1.807) is 6.33 Å². The lowest BCUT2D eigenvalue weighted by Gasteiger charge is -2.31. The van der Waals surface area contributed by atoms with E-state index in [1.807, 2.05) is 58.3 Å². The van der Waals surface area contributed by atoms with Crippen molar-refractivity contribution in [2.75, 3.05) is 12.3 Å². The predicted molar refractivity (Wildman–Crippen MR) is 116 cm³/mol. The minimum absolute atomic E-state index is 0.0135. The minimum atomic E-state index is -3.75. The standard InChI is InChI=1S/C19H29ClN5O4P/c1-18(2,3)28-30(26,29-19(4,5)6)27-10-12-7-8-13(9-12)25-11-22-14-15(20)23-17(21)24-16(14)25/h7-8,11-13H,9-10H2,1-6H3,(H2,21,23,24)/t12-,13+/m1/s1. The Kier molecular flexibility index (Phi) is 6.33. The molecule has 0 unspecified atom stereocenters. The zero-order valence-electron chi connectivity index (χ0n) is 18.1. The first-order valence-corrected chi connectivity index (χ1v) is 11.6. The molecule has 2 aromatic heterocycles. The van der Waals surface area contributed by atoms with Crippen LogP contribution >= 0.6 is 19.4 Å². The number of nitrogen functional groups attached to an aromatic ring is 1. The van der Waals surface area contributed by atoms with Crippen molar-refractivity contribution in [3.63, 3.8) is 0 Å². The van der Waals surface area contributed by atoms with Crippen LogP contribution in [0.15, 0.2) is 18.5 Å². The predicted octanol–water partition coefficient (Wildman–Crippen LogP) is 4.93. The minimum Gasteiger partial charge on any atom is -0.368 e. The van der Waals surface area contributed by atoms with E-state index in [0.29, 0.717) is 17.6 Å². The van der Waals surface area contributed by atoms with Gasteiger partial charge in [0.1, 0.15) is 5.52 Å². The molecular weight excluding hydrogens is 429 g/mol. The molecule has 2 heterocycles. The van der Waals surface area contributed by atoms with Gasteiger partial charge in [-0.25, -0.2) is 9.55 Å². The second-order valence-electron chi connectivity index (χ2n) is 9.29. The zero-order chi connectivity index (χ0) is 22.3. The number of hydrogen-bond acceptors (Lipinski definition) is 8. The molecule has 30 heavy (non-hydrogen) atoms. The molecule has 0 radical (unpaired) electrons. The van der Waals surface area contributed by atoms with E-state index in [9.17, 15) is 4.57 Å². The highest BCUT2D eigenvalue weighted by atomic mass is 35.5. The molecule has 0 saturated carbocycles. The first kappa shape index (κ1) is 23.2. The molecule has 2 atom stereocenters. The Morgan fingerprint density at radius 2 is 1.80 bits per heavy atom.